The number of ether oxygens (including phenoxy) is 1. The molecule has 118 valence electrons. The Hall–Kier alpha value is -2.64. The molecule has 8 heteroatoms. The number of oxazole rings is 1. The molecule has 2 aromatic rings. The first-order chi connectivity index (χ1) is 11.3. The van der Waals surface area contributed by atoms with Crippen LogP contribution < -0.4 is 9.75 Å². The smallest absolute Gasteiger partial charge is 0.393 e. The van der Waals surface area contributed by atoms with Crippen LogP contribution in [0.5, 0.6) is 6.08 Å². The monoisotopic (exact) mass is 312 g/mol. The van der Waals surface area contributed by atoms with Gasteiger partial charge in [-0.15, -0.1) is 0 Å². The molecule has 2 radical (unpaired) electrons. The summed E-state index contributed by atoms with van der Waals surface area (Å²) >= 11 is 0. The SMILES string of the molecule is [B]CCC(=O)N(N=NCC)c1ccccc1COc1ncco1. The van der Waals surface area contributed by atoms with Crippen molar-refractivity contribution < 1.29 is 13.9 Å². The van der Waals surface area contributed by atoms with E-state index in [-0.39, 0.29) is 31.3 Å². The third-order valence-electron chi connectivity index (χ3n) is 2.87. The van der Waals surface area contributed by atoms with Crippen molar-refractivity contribution in [3.63, 3.8) is 0 Å². The summed E-state index contributed by atoms with van der Waals surface area (Å²) in [6.07, 6.45) is 3.50. The first-order valence-electron chi connectivity index (χ1n) is 7.27. The highest BCUT2D eigenvalue weighted by molar-refractivity contribution is 6.10. The number of hydrogen-bond acceptors (Lipinski definition) is 6. The molecular formula is C15H17BN4O3. The first kappa shape index (κ1) is 16.7. The Kier molecular flexibility index (Phi) is 6.34. The van der Waals surface area contributed by atoms with Crippen molar-refractivity contribution in [3.05, 3.63) is 42.3 Å². The van der Waals surface area contributed by atoms with Gasteiger partial charge in [0.05, 0.1) is 26.3 Å². The highest BCUT2D eigenvalue weighted by atomic mass is 16.6. The van der Waals surface area contributed by atoms with Crippen molar-refractivity contribution in [3.8, 4) is 6.08 Å². The number of nitrogens with zero attached hydrogens (tertiary/aromatic N) is 4. The minimum atomic E-state index is -0.228. The number of aromatic nitrogens is 1. The van der Waals surface area contributed by atoms with Gasteiger partial charge in [-0.1, -0.05) is 29.7 Å². The lowest BCUT2D eigenvalue weighted by molar-refractivity contribution is -0.118. The molecule has 2 rings (SSSR count). The van der Waals surface area contributed by atoms with Gasteiger partial charge in [-0.2, -0.15) is 15.1 Å². The van der Waals surface area contributed by atoms with Crippen LogP contribution in [0, 0.1) is 0 Å². The summed E-state index contributed by atoms with van der Waals surface area (Å²) in [5, 5.41) is 9.17. The Morgan fingerprint density at radius 2 is 2.26 bits per heavy atom. The second kappa shape index (κ2) is 8.72. The van der Waals surface area contributed by atoms with E-state index >= 15 is 0 Å². The van der Waals surface area contributed by atoms with Crippen LogP contribution in [0.3, 0.4) is 0 Å². The van der Waals surface area contributed by atoms with Gasteiger partial charge in [0.15, 0.2) is 0 Å². The van der Waals surface area contributed by atoms with E-state index in [1.54, 1.807) is 6.07 Å². The lowest BCUT2D eigenvalue weighted by Gasteiger charge is -2.18. The number of benzene rings is 1. The van der Waals surface area contributed by atoms with E-state index in [4.69, 9.17) is 17.0 Å². The molecule has 0 aliphatic carbocycles. The maximum Gasteiger partial charge on any atom is 0.393 e. The van der Waals surface area contributed by atoms with Gasteiger partial charge in [-0.3, -0.25) is 4.79 Å². The van der Waals surface area contributed by atoms with Crippen molar-refractivity contribution in [1.82, 2.24) is 4.98 Å². The van der Waals surface area contributed by atoms with Gasteiger partial charge in [0.2, 0.25) is 5.91 Å². The van der Waals surface area contributed by atoms with Crippen molar-refractivity contribution in [2.24, 2.45) is 10.3 Å². The molecule has 0 atom stereocenters. The molecule has 0 saturated heterocycles. The highest BCUT2D eigenvalue weighted by Crippen LogP contribution is 2.23. The summed E-state index contributed by atoms with van der Waals surface area (Å²) in [6.45, 7) is 2.50. The van der Waals surface area contributed by atoms with E-state index in [0.717, 1.165) is 5.56 Å². The van der Waals surface area contributed by atoms with Crippen molar-refractivity contribution >= 4 is 19.4 Å². The minimum Gasteiger partial charge on any atom is -0.445 e. The second-order valence-electron chi connectivity index (χ2n) is 4.51. The molecule has 23 heavy (non-hydrogen) atoms. The van der Waals surface area contributed by atoms with Crippen LogP contribution in [0.1, 0.15) is 18.9 Å². The summed E-state index contributed by atoms with van der Waals surface area (Å²) in [5.74, 6) is -0.228. The van der Waals surface area contributed by atoms with Crippen molar-refractivity contribution in [1.29, 1.82) is 0 Å². The summed E-state index contributed by atoms with van der Waals surface area (Å²) < 4.78 is 10.5. The molecule has 0 N–H and O–H groups in total. The van der Waals surface area contributed by atoms with Crippen LogP contribution in [0.2, 0.25) is 6.32 Å². The van der Waals surface area contributed by atoms with Gasteiger partial charge in [-0.25, -0.2) is 0 Å². The Morgan fingerprint density at radius 1 is 1.43 bits per heavy atom. The quantitative estimate of drug-likeness (QED) is 0.426. The van der Waals surface area contributed by atoms with Crippen molar-refractivity contribution in [2.45, 2.75) is 26.3 Å². The van der Waals surface area contributed by atoms with Gasteiger partial charge < -0.3 is 9.15 Å². The standard InChI is InChI=1S/C15H17BN4O3/c1-2-18-19-20(14(21)7-8-16)13-6-4-3-5-12(13)11-23-15-17-9-10-22-15/h3-6,9-10H,2,7-8,11H2,1H3. The Labute approximate surface area is 135 Å². The molecule has 0 bridgehead atoms. The number of carbonyl (C=O) groups excluding carboxylic acids is 1. The summed E-state index contributed by atoms with van der Waals surface area (Å²) in [6, 6.07) is 7.27. The fourth-order valence-corrected chi connectivity index (χ4v) is 1.85. The second-order valence-corrected chi connectivity index (χ2v) is 4.51. The van der Waals surface area contributed by atoms with E-state index in [1.807, 2.05) is 25.1 Å². The number of amides is 1. The first-order valence-corrected chi connectivity index (χ1v) is 7.27. The molecule has 0 aliphatic rings. The lowest BCUT2D eigenvalue weighted by atomic mass is 10.0. The number of rotatable bonds is 8. The molecule has 0 spiro atoms. The lowest BCUT2D eigenvalue weighted by Crippen LogP contribution is -2.26. The molecule has 1 aromatic carbocycles. The average molecular weight is 312 g/mol. The van der Waals surface area contributed by atoms with Crippen LogP contribution in [-0.4, -0.2) is 25.3 Å². The molecule has 0 aliphatic heterocycles. The highest BCUT2D eigenvalue weighted by Gasteiger charge is 2.18. The number of hydrogen-bond donors (Lipinski definition) is 0. The van der Waals surface area contributed by atoms with E-state index in [9.17, 15) is 4.79 Å². The predicted molar refractivity (Wildman–Crippen MR) is 85.3 cm³/mol. The fourth-order valence-electron chi connectivity index (χ4n) is 1.85. The van der Waals surface area contributed by atoms with Gasteiger partial charge >= 0.3 is 6.08 Å². The van der Waals surface area contributed by atoms with Crippen LogP contribution in [0.15, 0.2) is 51.5 Å². The molecule has 1 heterocycles. The van der Waals surface area contributed by atoms with E-state index in [1.165, 1.54) is 17.5 Å². The van der Waals surface area contributed by atoms with Crippen molar-refractivity contribution in [2.75, 3.05) is 11.6 Å². The van der Waals surface area contributed by atoms with Crippen LogP contribution in [0.4, 0.5) is 5.69 Å². The van der Waals surface area contributed by atoms with E-state index in [2.05, 4.69) is 15.3 Å². The van der Waals surface area contributed by atoms with E-state index < -0.39 is 0 Å². The zero-order valence-corrected chi connectivity index (χ0v) is 12.9. The third-order valence-corrected chi connectivity index (χ3v) is 2.87. The minimum absolute atomic E-state index is 0.162. The number of carbonyl (C=O) groups is 1. The summed E-state index contributed by atoms with van der Waals surface area (Å²) in [4.78, 5) is 16.1. The van der Waals surface area contributed by atoms with Gasteiger partial charge in [0.1, 0.15) is 12.9 Å². The van der Waals surface area contributed by atoms with Crippen LogP contribution in [0.25, 0.3) is 0 Å². The molecule has 1 amide bonds. The molecule has 7 nitrogen and oxygen atoms in total. The Balaban J connectivity index is 2.23. The molecular weight excluding hydrogens is 295 g/mol. The summed E-state index contributed by atoms with van der Waals surface area (Å²) in [7, 11) is 5.47. The van der Waals surface area contributed by atoms with Gasteiger partial charge in [0, 0.05) is 12.0 Å². The zero-order chi connectivity index (χ0) is 16.5. The Bertz CT molecular complexity index is 646. The molecule has 0 fully saturated rings. The fraction of sp³-hybridized carbons (Fsp3) is 0.333. The number of anilines is 1. The van der Waals surface area contributed by atoms with E-state index in [0.29, 0.717) is 12.2 Å². The summed E-state index contributed by atoms with van der Waals surface area (Å²) in [5.41, 5.74) is 1.35. The van der Waals surface area contributed by atoms with Crippen LogP contribution in [-0.2, 0) is 11.4 Å². The number of para-hydroxylation sites is 1. The maximum absolute atomic E-state index is 12.3. The normalized spacial score (nSPS) is 10.8. The molecule has 0 unspecified atom stereocenters. The predicted octanol–water partition coefficient (Wildman–Crippen LogP) is 2.95. The van der Waals surface area contributed by atoms with Gasteiger partial charge in [0.25, 0.3) is 0 Å². The molecule has 1 aromatic heterocycles. The largest absolute Gasteiger partial charge is 0.445 e. The topological polar surface area (TPSA) is 80.3 Å². The zero-order valence-electron chi connectivity index (χ0n) is 12.9. The van der Waals surface area contributed by atoms with Crippen LogP contribution >= 0.6 is 0 Å². The molecule has 0 saturated carbocycles. The Morgan fingerprint density at radius 3 is 2.96 bits per heavy atom. The third kappa shape index (κ3) is 4.67. The average Bonchev–Trinajstić information content (AvgIpc) is 3.08. The maximum atomic E-state index is 12.3. The van der Waals surface area contributed by atoms with Gasteiger partial charge in [-0.05, 0) is 13.0 Å².